The number of carbonyl (C=O) groups excluding carboxylic acids is 5. The van der Waals surface area contributed by atoms with Crippen LogP contribution >= 0.6 is 0 Å². The molecule has 0 radical (unpaired) electrons. The van der Waals surface area contributed by atoms with Gasteiger partial charge in [0.15, 0.2) is 11.5 Å². The molecule has 1 aliphatic rings. The maximum atomic E-state index is 13.2. The van der Waals surface area contributed by atoms with Crippen LogP contribution in [0.1, 0.15) is 49.5 Å². The van der Waals surface area contributed by atoms with Gasteiger partial charge in [0, 0.05) is 19.2 Å². The molecule has 216 valence electrons. The van der Waals surface area contributed by atoms with Gasteiger partial charge in [-0.15, -0.1) is 0 Å². The van der Waals surface area contributed by atoms with Crippen LogP contribution in [-0.4, -0.2) is 82.0 Å². The fourth-order valence-corrected chi connectivity index (χ4v) is 4.08. The Bertz CT molecular complexity index is 1210. The molecule has 13 nitrogen and oxygen atoms in total. The zero-order valence-corrected chi connectivity index (χ0v) is 23.0. The second-order valence-corrected chi connectivity index (χ2v) is 10.1. The van der Waals surface area contributed by atoms with Crippen molar-refractivity contribution in [2.45, 2.75) is 64.9 Å². The number of amides is 5. The number of nitrogens with one attached hydrogen (secondary N) is 4. The van der Waals surface area contributed by atoms with Crippen molar-refractivity contribution in [1.82, 2.24) is 31.3 Å². The first-order valence-electron chi connectivity index (χ1n) is 13.1. The Kier molecular flexibility index (Phi) is 10.4. The number of benzene rings is 1. The van der Waals surface area contributed by atoms with Crippen LogP contribution in [0.3, 0.4) is 0 Å². The molecule has 0 saturated carbocycles. The molecule has 1 aromatic heterocycles. The van der Waals surface area contributed by atoms with Crippen molar-refractivity contribution in [2.24, 2.45) is 5.92 Å². The number of fused-ring (bicyclic) bond motifs is 2. The minimum atomic E-state index is -1.41. The number of aromatic nitrogens is 1. The van der Waals surface area contributed by atoms with Gasteiger partial charge in [0.2, 0.25) is 23.6 Å². The maximum Gasteiger partial charge on any atom is 0.274 e. The normalized spacial score (nSPS) is 22.4. The first-order valence-corrected chi connectivity index (χ1v) is 13.1. The number of aliphatic hydroxyl groups excluding tert-OH is 1. The van der Waals surface area contributed by atoms with Crippen molar-refractivity contribution < 1.29 is 33.6 Å². The highest BCUT2D eigenvalue weighted by atomic mass is 16.5. The van der Waals surface area contributed by atoms with Crippen LogP contribution in [0.5, 0.6) is 0 Å². The van der Waals surface area contributed by atoms with E-state index < -0.39 is 47.9 Å². The maximum absolute atomic E-state index is 13.2. The van der Waals surface area contributed by atoms with E-state index in [1.54, 1.807) is 13.8 Å². The molecule has 3 rings (SSSR count). The summed E-state index contributed by atoms with van der Waals surface area (Å²) < 4.78 is 5.30. The summed E-state index contributed by atoms with van der Waals surface area (Å²) in [6.45, 7) is 6.42. The van der Waals surface area contributed by atoms with E-state index in [1.165, 1.54) is 24.8 Å². The summed E-state index contributed by atoms with van der Waals surface area (Å²) in [6, 6.07) is 7.08. The quantitative estimate of drug-likeness (QED) is 0.334. The zero-order chi connectivity index (χ0) is 29.4. The van der Waals surface area contributed by atoms with Crippen molar-refractivity contribution in [2.75, 3.05) is 13.1 Å². The van der Waals surface area contributed by atoms with Gasteiger partial charge in [0.05, 0.1) is 19.1 Å². The van der Waals surface area contributed by atoms with Gasteiger partial charge in [-0.1, -0.05) is 49.3 Å². The summed E-state index contributed by atoms with van der Waals surface area (Å²) >= 11 is 0. The lowest BCUT2D eigenvalue weighted by Gasteiger charge is -2.26. The predicted octanol–water partition coefficient (Wildman–Crippen LogP) is -0.500. The molecule has 0 unspecified atom stereocenters. The molecular weight excluding hydrogens is 520 g/mol. The minimum Gasteiger partial charge on any atom is -0.391 e. The molecule has 2 bridgehead atoms. The van der Waals surface area contributed by atoms with E-state index >= 15 is 0 Å². The van der Waals surface area contributed by atoms with Gasteiger partial charge in [0.25, 0.3) is 5.91 Å². The number of hydrogen-bond donors (Lipinski definition) is 5. The monoisotopic (exact) mass is 556 g/mol. The molecule has 13 heteroatoms. The van der Waals surface area contributed by atoms with E-state index in [-0.39, 0.29) is 49.3 Å². The molecular formula is C27H36N6O7. The van der Waals surface area contributed by atoms with E-state index in [2.05, 4.69) is 26.4 Å². The van der Waals surface area contributed by atoms with Crippen LogP contribution in [0, 0.1) is 5.92 Å². The first-order chi connectivity index (χ1) is 19.0. The van der Waals surface area contributed by atoms with Crippen molar-refractivity contribution in [3.63, 3.8) is 0 Å². The van der Waals surface area contributed by atoms with E-state index in [1.807, 2.05) is 30.3 Å². The van der Waals surface area contributed by atoms with Crippen LogP contribution in [0.4, 0.5) is 0 Å². The zero-order valence-electron chi connectivity index (χ0n) is 23.0. The smallest absolute Gasteiger partial charge is 0.274 e. The number of carbonyl (C=O) groups is 5. The standard InChI is InChI=1S/C27H36N6O7/c1-15(2)22-26(38)28-10-11-33(21(35)12-18-8-6-5-7-9-18)14-19-13-20(32-40-19)25(37)31-23(17(4)34)27(39)29-16(3)24(36)30-22/h5-9,13,15-17,22-23,34H,10-12,14H2,1-4H3,(H,28,38)(H,29,39)(H,30,36)(H,31,37)/t16-,17+,22-,23-/m0/s1. The van der Waals surface area contributed by atoms with Gasteiger partial charge in [-0.3, -0.25) is 24.0 Å². The van der Waals surface area contributed by atoms with Gasteiger partial charge >= 0.3 is 0 Å². The van der Waals surface area contributed by atoms with E-state index in [0.717, 1.165) is 5.56 Å². The van der Waals surface area contributed by atoms with Gasteiger partial charge in [-0.2, -0.15) is 0 Å². The molecule has 0 saturated heterocycles. The molecule has 0 spiro atoms. The van der Waals surface area contributed by atoms with Crippen molar-refractivity contribution in [1.29, 1.82) is 0 Å². The highest BCUT2D eigenvalue weighted by Gasteiger charge is 2.32. The Labute approximate surface area is 232 Å². The third-order valence-electron chi connectivity index (χ3n) is 6.42. The Hall–Kier alpha value is -4.26. The summed E-state index contributed by atoms with van der Waals surface area (Å²) in [4.78, 5) is 66.1. The van der Waals surface area contributed by atoms with Gasteiger partial charge in [-0.25, -0.2) is 0 Å². The Balaban J connectivity index is 1.90. The van der Waals surface area contributed by atoms with Crippen LogP contribution in [0.25, 0.3) is 0 Å². The summed E-state index contributed by atoms with van der Waals surface area (Å²) in [6.07, 6.45) is -1.21. The lowest BCUT2D eigenvalue weighted by Crippen LogP contribution is -2.58. The topological polar surface area (TPSA) is 183 Å². The molecule has 2 heterocycles. The van der Waals surface area contributed by atoms with Crippen LogP contribution in [0.15, 0.2) is 40.9 Å². The third kappa shape index (κ3) is 8.12. The highest BCUT2D eigenvalue weighted by molar-refractivity contribution is 5.98. The average molecular weight is 557 g/mol. The number of aliphatic hydroxyl groups is 1. The third-order valence-corrected chi connectivity index (χ3v) is 6.42. The fourth-order valence-electron chi connectivity index (χ4n) is 4.08. The number of rotatable bonds is 4. The predicted molar refractivity (Wildman–Crippen MR) is 142 cm³/mol. The molecule has 5 amide bonds. The van der Waals surface area contributed by atoms with Gasteiger partial charge in [-0.05, 0) is 25.3 Å². The Morgan fingerprint density at radius 1 is 1.02 bits per heavy atom. The van der Waals surface area contributed by atoms with Gasteiger partial charge < -0.3 is 35.8 Å². The first kappa shape index (κ1) is 30.3. The second kappa shape index (κ2) is 13.7. The molecule has 0 aliphatic carbocycles. The second-order valence-electron chi connectivity index (χ2n) is 10.1. The molecule has 5 N–H and O–H groups in total. The van der Waals surface area contributed by atoms with Crippen LogP contribution in [0.2, 0.25) is 0 Å². The van der Waals surface area contributed by atoms with Crippen molar-refractivity contribution in [3.05, 3.63) is 53.4 Å². The Morgan fingerprint density at radius 3 is 2.38 bits per heavy atom. The lowest BCUT2D eigenvalue weighted by atomic mass is 10.0. The molecule has 1 aliphatic heterocycles. The number of nitrogens with zero attached hydrogens (tertiary/aromatic N) is 2. The summed E-state index contributed by atoms with van der Waals surface area (Å²) in [7, 11) is 0. The van der Waals surface area contributed by atoms with Crippen molar-refractivity contribution >= 4 is 29.5 Å². The molecule has 0 fully saturated rings. The van der Waals surface area contributed by atoms with Crippen LogP contribution < -0.4 is 21.3 Å². The minimum absolute atomic E-state index is 0.0377. The molecule has 1 aromatic carbocycles. The number of hydrogen-bond acceptors (Lipinski definition) is 8. The summed E-state index contributed by atoms with van der Waals surface area (Å²) in [5.74, 6) is -2.99. The Morgan fingerprint density at radius 2 is 1.73 bits per heavy atom. The fraction of sp³-hybridized carbons (Fsp3) is 0.481. The van der Waals surface area contributed by atoms with E-state index in [4.69, 9.17) is 4.52 Å². The summed E-state index contributed by atoms with van der Waals surface area (Å²) in [5, 5.41) is 24.2. The SMILES string of the molecule is CC(C)[C@@H]1NC(=O)[C@H](C)NC(=O)[C@H]([C@@H](C)O)NC(=O)c2cc(on2)CN(C(=O)Cc2ccccc2)CCNC1=O. The highest BCUT2D eigenvalue weighted by Crippen LogP contribution is 2.12. The van der Waals surface area contributed by atoms with Gasteiger partial charge in [0.1, 0.15) is 18.1 Å². The largest absolute Gasteiger partial charge is 0.391 e. The average Bonchev–Trinajstić information content (AvgIpc) is 3.37. The lowest BCUT2D eigenvalue weighted by molar-refractivity contribution is -0.134. The van der Waals surface area contributed by atoms with E-state index in [0.29, 0.717) is 0 Å². The molecule has 2 aromatic rings. The van der Waals surface area contributed by atoms with E-state index in [9.17, 15) is 29.1 Å². The molecule has 4 atom stereocenters. The summed E-state index contributed by atoms with van der Waals surface area (Å²) in [5.41, 5.74) is 0.636. The molecule has 40 heavy (non-hydrogen) atoms. The van der Waals surface area contributed by atoms with Crippen molar-refractivity contribution in [3.8, 4) is 0 Å². The van der Waals surface area contributed by atoms with Crippen LogP contribution in [-0.2, 0) is 32.1 Å².